The molecule has 0 unspecified atom stereocenters. The van der Waals surface area contributed by atoms with Crippen LogP contribution < -0.4 is 26.4 Å². The Kier molecular flexibility index (Phi) is 15.4. The van der Waals surface area contributed by atoms with Gasteiger partial charge in [-0.25, -0.2) is 0 Å². The van der Waals surface area contributed by atoms with Gasteiger partial charge in [0.05, 0.1) is 50.6 Å². The molecule has 410 valence electrons. The Labute approximate surface area is 415 Å². The summed E-state index contributed by atoms with van der Waals surface area (Å²) in [6, 6.07) is 9.69. The van der Waals surface area contributed by atoms with E-state index >= 15 is 0 Å². The largest absolute Gasteiger partial charge is 0.460 e. The molecule has 0 spiro atoms. The Morgan fingerprint density at radius 2 is 0.597 bits per heavy atom. The molecule has 77 heavy (non-hydrogen) atoms. The first-order valence-corrected chi connectivity index (χ1v) is 21.1. The summed E-state index contributed by atoms with van der Waals surface area (Å²) in [5, 5.41) is 12.0. The van der Waals surface area contributed by atoms with Gasteiger partial charge in [-0.2, -0.15) is 132 Å². The summed E-state index contributed by atoms with van der Waals surface area (Å²) in [7, 11) is 0. The minimum Gasteiger partial charge on any atom is -0.460 e. The van der Waals surface area contributed by atoms with Crippen molar-refractivity contribution < 1.29 is 120 Å². The number of Topliss-reactive ketones (excluding diaryl/α,β-unsaturated/α-hetero) is 1. The van der Waals surface area contributed by atoms with E-state index in [9.17, 15) is 115 Å². The second-order valence-electron chi connectivity index (χ2n) is 16.9. The van der Waals surface area contributed by atoms with Crippen molar-refractivity contribution in [2.75, 3.05) is 0 Å². The number of aromatic hydroxyl groups is 1. The monoisotopic (exact) mass is 1130 g/mol. The van der Waals surface area contributed by atoms with Gasteiger partial charge in [0.1, 0.15) is 6.15 Å². The molecule has 28 heteroatoms. The van der Waals surface area contributed by atoms with Crippen LogP contribution in [0.2, 0.25) is 0 Å². The van der Waals surface area contributed by atoms with Crippen molar-refractivity contribution in [1.82, 2.24) is 0 Å². The molecule has 7 rings (SSSR count). The van der Waals surface area contributed by atoms with Crippen LogP contribution in [0.25, 0.3) is 10.8 Å². The molecule has 0 aliphatic rings. The van der Waals surface area contributed by atoms with Crippen LogP contribution >= 0.6 is 0 Å². The van der Waals surface area contributed by atoms with Crippen LogP contribution in [0.1, 0.15) is 54.9 Å². The lowest BCUT2D eigenvalue weighted by atomic mass is 9.12. The van der Waals surface area contributed by atoms with Gasteiger partial charge >= 0.3 is 55.3 Å². The highest BCUT2D eigenvalue weighted by atomic mass is 19.4. The lowest BCUT2D eigenvalue weighted by Crippen LogP contribution is -2.75. The number of hydrogen-bond acceptors (Lipinski definition) is 2. The second kappa shape index (κ2) is 20.2. The van der Waals surface area contributed by atoms with Crippen LogP contribution in [-0.4, -0.2) is 17.0 Å². The number of benzene rings is 6. The van der Waals surface area contributed by atoms with Gasteiger partial charge in [0.2, 0.25) is 12.3 Å². The smallest absolute Gasteiger partial charge is 0.416 e. The lowest BCUT2D eigenvalue weighted by Gasteiger charge is -2.46. The van der Waals surface area contributed by atoms with Crippen molar-refractivity contribution in [3.05, 3.63) is 190 Å². The predicted molar refractivity (Wildman–Crippen MR) is 227 cm³/mol. The quantitative estimate of drug-likeness (QED) is 0.0748. The van der Waals surface area contributed by atoms with E-state index in [1.165, 1.54) is 0 Å². The molecular weight excluding hydrogens is 1100 g/mol. The number of carbonyl (C=O) groups excluding carboxylic acids is 1. The maximum atomic E-state index is 14.2. The molecule has 0 saturated heterocycles. The van der Waals surface area contributed by atoms with E-state index in [2.05, 4.69) is 0 Å². The molecule has 7 aromatic rings. The van der Waals surface area contributed by atoms with Crippen LogP contribution in [0.15, 0.2) is 140 Å². The number of hydrogen-bond donors (Lipinski definition) is 1. The van der Waals surface area contributed by atoms with Crippen molar-refractivity contribution in [2.45, 2.75) is 56.0 Å². The molecule has 0 saturated carbocycles. The third-order valence-electron chi connectivity index (χ3n) is 11.7. The molecule has 1 aromatic heterocycles. The number of alkyl halides is 24. The van der Waals surface area contributed by atoms with E-state index in [-0.39, 0.29) is 18.2 Å². The minimum atomic E-state index is -6.13. The molecule has 0 amide bonds. The third kappa shape index (κ3) is 13.2. The standard InChI is InChI=1S/C32H12BF24.C17H13NO2/c34-25(35,36)13-1-14(26(37,38)39)6-21(5-13)33(22-7-15(27(40,41)42)2-16(8-22)28(43,44)45,23-9-17(29(46,47)48)3-18(10-23)30(49,50)51)24-11-19(31(52,53)54)4-20(12-24)32(55,56)57;19-16(13-6-2-1-3-7-13)12-18-11-15-9-5-4-8-14(15)10-17(18)20/h1-12H;1-11H,12H2/q-1;/p+1. The number of rotatable bonds is 7. The average molecular weight is 1130 g/mol. The van der Waals surface area contributed by atoms with Crippen LogP contribution in [0.5, 0.6) is 5.88 Å². The highest BCUT2D eigenvalue weighted by Crippen LogP contribution is 2.41. The maximum absolute atomic E-state index is 14.2. The molecule has 0 radical (unpaired) electrons. The van der Waals surface area contributed by atoms with Crippen molar-refractivity contribution in [3.8, 4) is 5.88 Å². The highest BCUT2D eigenvalue weighted by Gasteiger charge is 2.47. The summed E-state index contributed by atoms with van der Waals surface area (Å²) in [6.07, 6.45) is -53.0. The fourth-order valence-electron chi connectivity index (χ4n) is 8.28. The number of carbonyl (C=O) groups is 1. The van der Waals surface area contributed by atoms with Crippen LogP contribution in [0.3, 0.4) is 0 Å². The molecule has 0 atom stereocenters. The fraction of sp³-hybridized carbons (Fsp3) is 0.184. The summed E-state index contributed by atoms with van der Waals surface area (Å²) in [4.78, 5) is 12.2. The van der Waals surface area contributed by atoms with Gasteiger partial charge in [-0.15, -0.1) is 0 Å². The number of fused-ring (bicyclic) bond motifs is 1. The van der Waals surface area contributed by atoms with Crippen molar-refractivity contribution in [2.24, 2.45) is 0 Å². The van der Waals surface area contributed by atoms with Crippen molar-refractivity contribution in [1.29, 1.82) is 0 Å². The summed E-state index contributed by atoms with van der Waals surface area (Å²) in [6.45, 7) is 0.126. The zero-order valence-electron chi connectivity index (χ0n) is 37.4. The van der Waals surface area contributed by atoms with Gasteiger partial charge in [0, 0.05) is 10.9 Å². The van der Waals surface area contributed by atoms with Crippen LogP contribution in [0, 0.1) is 0 Å². The minimum absolute atomic E-state index is 0.0267. The van der Waals surface area contributed by atoms with Gasteiger partial charge < -0.3 is 5.11 Å². The summed E-state index contributed by atoms with van der Waals surface area (Å²) in [5.74, 6) is 0.0640. The maximum Gasteiger partial charge on any atom is 0.416 e. The van der Waals surface area contributed by atoms with Crippen molar-refractivity contribution in [3.63, 3.8) is 0 Å². The lowest BCUT2D eigenvalue weighted by molar-refractivity contribution is -0.687. The Bertz CT molecular complexity index is 2870. The fourth-order valence-corrected chi connectivity index (χ4v) is 8.28. The van der Waals surface area contributed by atoms with E-state index < -0.39 is 195 Å². The third-order valence-corrected chi connectivity index (χ3v) is 11.7. The average Bonchev–Trinajstić information content (AvgIpc) is 3.30. The van der Waals surface area contributed by atoms with Gasteiger partial charge in [-0.1, -0.05) is 97.1 Å². The van der Waals surface area contributed by atoms with E-state index in [4.69, 9.17) is 0 Å². The normalized spacial score (nSPS) is 13.4. The van der Waals surface area contributed by atoms with Crippen molar-refractivity contribution >= 4 is 44.6 Å². The van der Waals surface area contributed by atoms with Gasteiger partial charge in [0.15, 0.2) is 6.20 Å². The molecule has 0 aliphatic carbocycles. The Balaban J connectivity index is 0.000000397. The number of nitrogens with zero attached hydrogens (tertiary/aromatic N) is 1. The SMILES string of the molecule is FC(F)(F)c1cc([B-](c2cc(C(F)(F)F)cc(C(F)(F)F)c2)(c2cc(C(F)(F)F)cc(C(F)(F)F)c2)c2cc(C(F)(F)F)cc(C(F)(F)F)c2)cc(C(F)(F)F)c1.O=C(C[n+]1cc2ccccc2cc1O)c1ccccc1. The van der Waals surface area contributed by atoms with Gasteiger partial charge in [0.25, 0.3) is 0 Å². The first-order chi connectivity index (χ1) is 35.0. The van der Waals surface area contributed by atoms with Crippen LogP contribution in [0.4, 0.5) is 105 Å². The number of aromatic nitrogens is 1. The second-order valence-corrected chi connectivity index (χ2v) is 16.9. The zero-order valence-corrected chi connectivity index (χ0v) is 37.4. The first-order valence-electron chi connectivity index (χ1n) is 21.1. The van der Waals surface area contributed by atoms with Crippen LogP contribution in [-0.2, 0) is 56.0 Å². The number of halogens is 24. The Hall–Kier alpha value is -7.42. The molecule has 0 bridgehead atoms. The molecule has 1 N–H and O–H groups in total. The highest BCUT2D eigenvalue weighted by molar-refractivity contribution is 7.20. The molecule has 0 fully saturated rings. The van der Waals surface area contributed by atoms with E-state index in [1.54, 1.807) is 29.0 Å². The molecule has 6 aromatic carbocycles. The first kappa shape index (κ1) is 58.8. The Morgan fingerprint density at radius 1 is 0.351 bits per heavy atom. The summed E-state index contributed by atoms with van der Waals surface area (Å²) >= 11 is 0. The summed E-state index contributed by atoms with van der Waals surface area (Å²) in [5.41, 5.74) is -29.6. The molecular formula is C49H26BF24NO2. The van der Waals surface area contributed by atoms with E-state index in [0.717, 1.165) is 10.8 Å². The number of ketones is 1. The van der Waals surface area contributed by atoms with Gasteiger partial charge in [-0.3, -0.25) is 4.79 Å². The topological polar surface area (TPSA) is 41.2 Å². The number of pyridine rings is 1. The van der Waals surface area contributed by atoms with E-state index in [0.29, 0.717) is 5.56 Å². The molecule has 3 nitrogen and oxygen atoms in total. The van der Waals surface area contributed by atoms with Gasteiger partial charge in [-0.05, 0) is 35.7 Å². The summed E-state index contributed by atoms with van der Waals surface area (Å²) < 4.78 is 342. The Morgan fingerprint density at radius 3 is 0.857 bits per heavy atom. The predicted octanol–water partition coefficient (Wildman–Crippen LogP) is 13.9. The molecule has 1 heterocycles. The molecule has 0 aliphatic heterocycles. The van der Waals surface area contributed by atoms with E-state index in [1.807, 2.05) is 42.5 Å². The zero-order chi connectivity index (χ0) is 57.9.